The second-order valence-electron chi connectivity index (χ2n) is 8.17. The molecule has 0 saturated carbocycles. The van der Waals surface area contributed by atoms with E-state index in [4.69, 9.17) is 4.74 Å². The minimum absolute atomic E-state index is 0.00937. The molecule has 1 N–H and O–H groups in total. The van der Waals surface area contributed by atoms with E-state index in [9.17, 15) is 9.59 Å². The molecule has 2 amide bonds. The molecule has 4 rings (SSSR count). The summed E-state index contributed by atoms with van der Waals surface area (Å²) in [6, 6.07) is 9.77. The predicted molar refractivity (Wildman–Crippen MR) is 113 cm³/mol. The van der Waals surface area contributed by atoms with Gasteiger partial charge in [-0.05, 0) is 39.0 Å². The monoisotopic (exact) mass is 411 g/mol. The summed E-state index contributed by atoms with van der Waals surface area (Å²) in [5.74, 6) is 0.962. The summed E-state index contributed by atoms with van der Waals surface area (Å²) in [6.45, 7) is 2.89. The zero-order chi connectivity index (χ0) is 21.1. The van der Waals surface area contributed by atoms with Crippen LogP contribution in [0.3, 0.4) is 0 Å². The van der Waals surface area contributed by atoms with E-state index in [-0.39, 0.29) is 24.2 Å². The molecule has 30 heavy (non-hydrogen) atoms. The van der Waals surface area contributed by atoms with Crippen LogP contribution >= 0.6 is 0 Å². The third-order valence-corrected chi connectivity index (χ3v) is 6.09. The summed E-state index contributed by atoms with van der Waals surface area (Å²) >= 11 is 0. The minimum Gasteiger partial charge on any atom is -0.496 e. The molecule has 0 aliphatic carbocycles. The number of ether oxygens (including phenoxy) is 1. The van der Waals surface area contributed by atoms with Crippen molar-refractivity contribution in [3.63, 3.8) is 0 Å². The first-order chi connectivity index (χ1) is 14.5. The van der Waals surface area contributed by atoms with Crippen LogP contribution in [0.15, 0.2) is 36.5 Å². The molecule has 8 heteroatoms. The lowest BCUT2D eigenvalue weighted by Crippen LogP contribution is -2.33. The van der Waals surface area contributed by atoms with Crippen molar-refractivity contribution in [2.75, 3.05) is 39.1 Å². The Hall–Kier alpha value is -2.87. The van der Waals surface area contributed by atoms with Gasteiger partial charge in [0.15, 0.2) is 0 Å². The molecule has 2 fully saturated rings. The summed E-state index contributed by atoms with van der Waals surface area (Å²) in [5, 5.41) is 7.45. The number of hydrogen-bond acceptors (Lipinski definition) is 5. The van der Waals surface area contributed by atoms with Gasteiger partial charge in [-0.1, -0.05) is 18.2 Å². The van der Waals surface area contributed by atoms with Crippen LogP contribution in [0, 0.1) is 5.92 Å². The van der Waals surface area contributed by atoms with Gasteiger partial charge in [0, 0.05) is 31.1 Å². The number of benzene rings is 1. The number of amides is 2. The largest absolute Gasteiger partial charge is 0.496 e. The third-order valence-electron chi connectivity index (χ3n) is 6.09. The number of carbonyl (C=O) groups excluding carboxylic acids is 2. The SMILES string of the molecule is COc1ccccc1CN1CC(C(=O)Nc2ccnn2C2CCN(C)CC2)CC1=O. The molecule has 160 valence electrons. The molecule has 2 aliphatic rings. The average Bonchev–Trinajstić information content (AvgIpc) is 3.36. The maximum absolute atomic E-state index is 12.9. The van der Waals surface area contributed by atoms with Gasteiger partial charge < -0.3 is 19.9 Å². The number of para-hydroxylation sites is 1. The lowest BCUT2D eigenvalue weighted by molar-refractivity contribution is -0.128. The van der Waals surface area contributed by atoms with Crippen molar-refractivity contribution in [2.24, 2.45) is 5.92 Å². The maximum atomic E-state index is 12.9. The Kier molecular flexibility index (Phi) is 6.03. The number of likely N-dealkylation sites (tertiary alicyclic amines) is 2. The van der Waals surface area contributed by atoms with Gasteiger partial charge in [-0.25, -0.2) is 4.68 Å². The van der Waals surface area contributed by atoms with E-state index >= 15 is 0 Å². The molecule has 2 aromatic rings. The Labute approximate surface area is 176 Å². The molecule has 0 radical (unpaired) electrons. The quantitative estimate of drug-likeness (QED) is 0.788. The summed E-state index contributed by atoms with van der Waals surface area (Å²) in [7, 11) is 3.74. The van der Waals surface area contributed by atoms with Crippen LogP contribution in [-0.4, -0.2) is 65.2 Å². The molecular formula is C22H29N5O3. The summed E-state index contributed by atoms with van der Waals surface area (Å²) < 4.78 is 7.31. The highest BCUT2D eigenvalue weighted by atomic mass is 16.5. The minimum atomic E-state index is -0.368. The van der Waals surface area contributed by atoms with Gasteiger partial charge in [0.1, 0.15) is 11.6 Å². The molecule has 2 aliphatic heterocycles. The van der Waals surface area contributed by atoms with E-state index in [0.29, 0.717) is 24.9 Å². The second kappa shape index (κ2) is 8.87. The van der Waals surface area contributed by atoms with Gasteiger partial charge in [0.25, 0.3) is 0 Å². The lowest BCUT2D eigenvalue weighted by Gasteiger charge is -2.30. The first-order valence-corrected chi connectivity index (χ1v) is 10.5. The Balaban J connectivity index is 1.38. The number of carbonyl (C=O) groups is 2. The normalized spacial score (nSPS) is 20.5. The van der Waals surface area contributed by atoms with E-state index in [0.717, 1.165) is 37.2 Å². The second-order valence-corrected chi connectivity index (χ2v) is 8.17. The number of aromatic nitrogens is 2. The van der Waals surface area contributed by atoms with E-state index in [1.54, 1.807) is 18.2 Å². The molecule has 1 atom stereocenters. The maximum Gasteiger partial charge on any atom is 0.230 e. The molecule has 1 aromatic heterocycles. The Bertz CT molecular complexity index is 904. The summed E-state index contributed by atoms with van der Waals surface area (Å²) in [6.07, 6.45) is 3.97. The first-order valence-electron chi connectivity index (χ1n) is 10.5. The highest BCUT2D eigenvalue weighted by molar-refractivity contribution is 5.96. The number of piperidine rings is 1. The van der Waals surface area contributed by atoms with Gasteiger partial charge in [-0.15, -0.1) is 0 Å². The standard InChI is InChI=1S/C22H29N5O3/c1-25-11-8-18(9-12-25)27-20(7-10-23-27)24-22(29)17-13-21(28)26(15-17)14-16-5-3-4-6-19(16)30-2/h3-7,10,17-18H,8-9,11-15H2,1-2H3,(H,24,29). The van der Waals surface area contributed by atoms with E-state index < -0.39 is 0 Å². The first kappa shape index (κ1) is 20.4. The molecular weight excluding hydrogens is 382 g/mol. The van der Waals surface area contributed by atoms with Crippen LogP contribution in [-0.2, 0) is 16.1 Å². The van der Waals surface area contributed by atoms with Gasteiger partial charge in [0.2, 0.25) is 11.8 Å². The fraction of sp³-hybridized carbons (Fsp3) is 0.500. The van der Waals surface area contributed by atoms with Crippen molar-refractivity contribution in [2.45, 2.75) is 31.8 Å². The van der Waals surface area contributed by atoms with Crippen molar-refractivity contribution in [1.29, 1.82) is 0 Å². The van der Waals surface area contributed by atoms with Crippen LogP contribution in [0.4, 0.5) is 5.82 Å². The van der Waals surface area contributed by atoms with Crippen molar-refractivity contribution in [1.82, 2.24) is 19.6 Å². The summed E-state index contributed by atoms with van der Waals surface area (Å²) in [5.41, 5.74) is 0.940. The number of rotatable bonds is 6. The summed E-state index contributed by atoms with van der Waals surface area (Å²) in [4.78, 5) is 29.5. The molecule has 3 heterocycles. The Morgan fingerprint density at radius 1 is 1.23 bits per heavy atom. The van der Waals surface area contributed by atoms with E-state index in [2.05, 4.69) is 22.4 Å². The van der Waals surface area contributed by atoms with Crippen molar-refractivity contribution >= 4 is 17.6 Å². The Morgan fingerprint density at radius 2 is 2.00 bits per heavy atom. The van der Waals surface area contributed by atoms with Crippen LogP contribution in [0.5, 0.6) is 5.75 Å². The van der Waals surface area contributed by atoms with Gasteiger partial charge in [-0.3, -0.25) is 9.59 Å². The van der Waals surface area contributed by atoms with Crippen LogP contribution < -0.4 is 10.1 Å². The Morgan fingerprint density at radius 3 is 2.77 bits per heavy atom. The average molecular weight is 412 g/mol. The van der Waals surface area contributed by atoms with Gasteiger partial charge in [0.05, 0.1) is 25.3 Å². The fourth-order valence-corrected chi connectivity index (χ4v) is 4.31. The predicted octanol–water partition coefficient (Wildman–Crippen LogP) is 2.15. The van der Waals surface area contributed by atoms with Crippen molar-refractivity contribution in [3.05, 3.63) is 42.1 Å². The van der Waals surface area contributed by atoms with Crippen molar-refractivity contribution < 1.29 is 14.3 Å². The van der Waals surface area contributed by atoms with E-state index in [1.165, 1.54) is 0 Å². The number of hydrogen-bond donors (Lipinski definition) is 1. The topological polar surface area (TPSA) is 79.7 Å². The highest BCUT2D eigenvalue weighted by Gasteiger charge is 2.35. The van der Waals surface area contributed by atoms with Crippen LogP contribution in [0.1, 0.15) is 30.9 Å². The lowest BCUT2D eigenvalue weighted by atomic mass is 10.1. The number of nitrogens with zero attached hydrogens (tertiary/aromatic N) is 4. The molecule has 1 unspecified atom stereocenters. The third kappa shape index (κ3) is 4.33. The van der Waals surface area contributed by atoms with Crippen LogP contribution in [0.2, 0.25) is 0 Å². The number of nitrogens with one attached hydrogen (secondary N) is 1. The molecule has 0 bridgehead atoms. The molecule has 2 saturated heterocycles. The molecule has 8 nitrogen and oxygen atoms in total. The fourth-order valence-electron chi connectivity index (χ4n) is 4.31. The zero-order valence-corrected chi connectivity index (χ0v) is 17.6. The zero-order valence-electron chi connectivity index (χ0n) is 17.6. The van der Waals surface area contributed by atoms with Gasteiger partial charge in [-0.2, -0.15) is 5.10 Å². The molecule has 1 aromatic carbocycles. The number of anilines is 1. The molecule has 0 spiro atoms. The number of methoxy groups -OCH3 is 1. The van der Waals surface area contributed by atoms with Gasteiger partial charge >= 0.3 is 0 Å². The highest BCUT2D eigenvalue weighted by Crippen LogP contribution is 2.27. The van der Waals surface area contributed by atoms with E-state index in [1.807, 2.05) is 35.0 Å². The van der Waals surface area contributed by atoms with Crippen molar-refractivity contribution in [3.8, 4) is 5.75 Å². The van der Waals surface area contributed by atoms with Crippen LogP contribution in [0.25, 0.3) is 0 Å². The smallest absolute Gasteiger partial charge is 0.230 e.